The number of dihydropyridines is 1. The van der Waals surface area contributed by atoms with E-state index in [1.165, 1.54) is 12.3 Å². The number of hydrogen-bond donors (Lipinski definition) is 2. The van der Waals surface area contributed by atoms with Crippen LogP contribution in [0.3, 0.4) is 0 Å². The second-order valence-corrected chi connectivity index (χ2v) is 7.79. The van der Waals surface area contributed by atoms with Gasteiger partial charge >= 0.3 is 6.18 Å². The fourth-order valence-corrected chi connectivity index (χ4v) is 4.02. The molecular weight excluding hydrogens is 409 g/mol. The van der Waals surface area contributed by atoms with Crippen molar-refractivity contribution in [3.05, 3.63) is 47.7 Å². The molecule has 2 aliphatic rings. The Morgan fingerprint density at radius 2 is 1.90 bits per heavy atom. The van der Waals surface area contributed by atoms with Gasteiger partial charge < -0.3 is 10.6 Å². The van der Waals surface area contributed by atoms with Crippen molar-refractivity contribution in [2.45, 2.75) is 50.4 Å². The largest absolute Gasteiger partial charge is 0.433 e. The van der Waals surface area contributed by atoms with Crippen LogP contribution >= 0.6 is 0 Å². The van der Waals surface area contributed by atoms with Gasteiger partial charge in [0, 0.05) is 34.9 Å². The number of fused-ring (bicyclic) bond motifs is 1. The van der Waals surface area contributed by atoms with Crippen molar-refractivity contribution in [1.29, 1.82) is 0 Å². The van der Waals surface area contributed by atoms with Crippen molar-refractivity contribution in [3.63, 3.8) is 0 Å². The molecule has 1 aliphatic carbocycles. The van der Waals surface area contributed by atoms with Crippen LogP contribution in [0.4, 0.5) is 18.9 Å². The lowest BCUT2D eigenvalue weighted by atomic mass is 9.90. The second-order valence-electron chi connectivity index (χ2n) is 7.79. The van der Waals surface area contributed by atoms with E-state index in [4.69, 9.17) is 0 Å². The summed E-state index contributed by atoms with van der Waals surface area (Å²) in [7, 11) is 0. The van der Waals surface area contributed by atoms with E-state index in [0.29, 0.717) is 23.1 Å². The number of aliphatic imine (C=N–C) groups is 1. The van der Waals surface area contributed by atoms with Crippen LogP contribution in [-0.2, 0) is 15.8 Å². The van der Waals surface area contributed by atoms with Gasteiger partial charge in [-0.3, -0.25) is 9.59 Å². The molecule has 1 aliphatic heterocycles. The van der Waals surface area contributed by atoms with Crippen LogP contribution in [0.2, 0.25) is 0 Å². The lowest BCUT2D eigenvalue weighted by Crippen LogP contribution is -2.42. The Labute approximate surface area is 176 Å². The average Bonchev–Trinajstić information content (AvgIpc) is 2.73. The zero-order valence-electron chi connectivity index (χ0n) is 16.6. The quantitative estimate of drug-likeness (QED) is 0.768. The zero-order chi connectivity index (χ0) is 22.0. The maximum absolute atomic E-state index is 13.3. The van der Waals surface area contributed by atoms with Gasteiger partial charge in [-0.05, 0) is 43.9 Å². The number of aromatic nitrogens is 1. The third-order valence-corrected chi connectivity index (χ3v) is 5.50. The van der Waals surface area contributed by atoms with Gasteiger partial charge in [-0.15, -0.1) is 0 Å². The van der Waals surface area contributed by atoms with E-state index in [2.05, 4.69) is 20.6 Å². The number of allylic oxidation sites excluding steroid dienone is 1. The lowest BCUT2D eigenvalue weighted by Gasteiger charge is -2.31. The number of nitrogens with zero attached hydrogens (tertiary/aromatic N) is 2. The van der Waals surface area contributed by atoms with Gasteiger partial charge in [0.25, 0.3) is 0 Å². The molecule has 0 spiro atoms. The minimum Gasteiger partial charge on any atom is -0.382 e. The number of amides is 2. The van der Waals surface area contributed by atoms with Gasteiger partial charge in [-0.2, -0.15) is 13.2 Å². The standard InChI is InChI=1S/C22H21F3N4O2/c23-22(24,25)19-12-18(16-6-1-2-7-17(16)29-19)27-14-4-3-5-15(11-14)28-21(31)13-8-9-26-20(30)10-13/h1-2,6-9,12,14-15H,3-5,10-11H2,(H,27,29)(H,28,31)/t14-,15?/m0/s1. The normalized spacial score (nSPS) is 21.6. The van der Waals surface area contributed by atoms with E-state index in [1.54, 1.807) is 24.3 Å². The van der Waals surface area contributed by atoms with E-state index in [-0.39, 0.29) is 35.8 Å². The molecule has 2 atom stereocenters. The summed E-state index contributed by atoms with van der Waals surface area (Å²) < 4.78 is 39.9. The van der Waals surface area contributed by atoms with E-state index < -0.39 is 11.9 Å². The Kier molecular flexibility index (Phi) is 5.75. The van der Waals surface area contributed by atoms with Crippen LogP contribution in [-0.4, -0.2) is 35.1 Å². The summed E-state index contributed by atoms with van der Waals surface area (Å²) in [5, 5.41) is 6.81. The summed E-state index contributed by atoms with van der Waals surface area (Å²) in [6.07, 6.45) is 1.20. The molecule has 4 rings (SSSR count). The van der Waals surface area contributed by atoms with Crippen LogP contribution < -0.4 is 10.6 Å². The monoisotopic (exact) mass is 430 g/mol. The molecule has 1 aromatic carbocycles. The first kappa shape index (κ1) is 21.0. The Morgan fingerprint density at radius 1 is 1.13 bits per heavy atom. The number of benzene rings is 1. The summed E-state index contributed by atoms with van der Waals surface area (Å²) in [5.41, 5.74) is 0.0812. The maximum Gasteiger partial charge on any atom is 0.433 e. The second kappa shape index (κ2) is 8.49. The fourth-order valence-electron chi connectivity index (χ4n) is 4.02. The minimum atomic E-state index is -4.54. The summed E-state index contributed by atoms with van der Waals surface area (Å²) in [6.45, 7) is 0. The molecule has 1 fully saturated rings. The molecule has 2 aromatic rings. The fraction of sp³-hybridized carbons (Fsp3) is 0.364. The number of carbonyl (C=O) groups excluding carboxylic acids is 2. The first-order chi connectivity index (χ1) is 14.8. The third kappa shape index (κ3) is 4.92. The van der Waals surface area contributed by atoms with E-state index >= 15 is 0 Å². The van der Waals surface area contributed by atoms with Crippen molar-refractivity contribution in [2.24, 2.45) is 4.99 Å². The molecule has 0 saturated heterocycles. The molecule has 2 N–H and O–H groups in total. The topological polar surface area (TPSA) is 83.5 Å². The molecule has 1 aromatic heterocycles. The number of anilines is 1. The van der Waals surface area contributed by atoms with Crippen LogP contribution in [0.25, 0.3) is 10.9 Å². The van der Waals surface area contributed by atoms with Crippen molar-refractivity contribution in [3.8, 4) is 0 Å². The highest BCUT2D eigenvalue weighted by molar-refractivity contribution is 6.06. The van der Waals surface area contributed by atoms with E-state index in [0.717, 1.165) is 25.3 Å². The highest BCUT2D eigenvalue weighted by atomic mass is 19.4. The van der Waals surface area contributed by atoms with Gasteiger partial charge in [-0.25, -0.2) is 9.98 Å². The molecule has 2 heterocycles. The molecule has 9 heteroatoms. The Hall–Kier alpha value is -3.23. The number of nitrogens with one attached hydrogen (secondary N) is 2. The number of rotatable bonds is 4. The molecule has 31 heavy (non-hydrogen) atoms. The number of para-hydroxylation sites is 1. The molecule has 6 nitrogen and oxygen atoms in total. The summed E-state index contributed by atoms with van der Waals surface area (Å²) >= 11 is 0. The van der Waals surface area contributed by atoms with Gasteiger partial charge in [0.1, 0.15) is 5.69 Å². The highest BCUT2D eigenvalue weighted by Crippen LogP contribution is 2.34. The number of carbonyl (C=O) groups is 2. The van der Waals surface area contributed by atoms with Gasteiger partial charge in [0.2, 0.25) is 11.8 Å². The van der Waals surface area contributed by atoms with Crippen LogP contribution in [0, 0.1) is 0 Å². The molecule has 0 bridgehead atoms. The molecule has 1 unspecified atom stereocenters. The van der Waals surface area contributed by atoms with Gasteiger partial charge in [0.05, 0.1) is 11.9 Å². The van der Waals surface area contributed by atoms with Gasteiger partial charge in [-0.1, -0.05) is 18.2 Å². The maximum atomic E-state index is 13.3. The number of halogens is 3. The molecular formula is C22H21F3N4O2. The molecule has 162 valence electrons. The number of pyridine rings is 1. The summed E-state index contributed by atoms with van der Waals surface area (Å²) in [4.78, 5) is 31.2. The average molecular weight is 430 g/mol. The van der Waals surface area contributed by atoms with Crippen LogP contribution in [0.5, 0.6) is 0 Å². The number of alkyl halides is 3. The van der Waals surface area contributed by atoms with Crippen molar-refractivity contribution in [1.82, 2.24) is 10.3 Å². The highest BCUT2D eigenvalue weighted by Gasteiger charge is 2.34. The molecule has 2 amide bonds. The van der Waals surface area contributed by atoms with Crippen molar-refractivity contribution in [2.75, 3.05) is 5.32 Å². The first-order valence-electron chi connectivity index (χ1n) is 10.1. The smallest absolute Gasteiger partial charge is 0.382 e. The Bertz CT molecular complexity index is 1080. The lowest BCUT2D eigenvalue weighted by molar-refractivity contribution is -0.140. The third-order valence-electron chi connectivity index (χ3n) is 5.50. The summed E-state index contributed by atoms with van der Waals surface area (Å²) in [5.74, 6) is -0.667. The molecule has 1 saturated carbocycles. The summed E-state index contributed by atoms with van der Waals surface area (Å²) in [6, 6.07) is 7.51. The predicted octanol–water partition coefficient (Wildman–Crippen LogP) is 4.02. The molecule has 0 radical (unpaired) electrons. The Balaban J connectivity index is 1.49. The van der Waals surface area contributed by atoms with Crippen molar-refractivity contribution < 1.29 is 22.8 Å². The van der Waals surface area contributed by atoms with E-state index in [1.807, 2.05) is 0 Å². The number of hydrogen-bond acceptors (Lipinski definition) is 4. The van der Waals surface area contributed by atoms with E-state index in [9.17, 15) is 22.8 Å². The van der Waals surface area contributed by atoms with Gasteiger partial charge in [0.15, 0.2) is 0 Å². The minimum absolute atomic E-state index is 0.0278. The van der Waals surface area contributed by atoms with Crippen LogP contribution in [0.1, 0.15) is 37.8 Å². The first-order valence-corrected chi connectivity index (χ1v) is 10.1. The van der Waals surface area contributed by atoms with Crippen LogP contribution in [0.15, 0.2) is 47.0 Å². The van der Waals surface area contributed by atoms with Crippen molar-refractivity contribution >= 4 is 34.6 Å². The SMILES string of the molecule is O=C1CC(C(=O)NC2CCC[C@H](Nc3cc(C(F)(F)F)nc4ccccc34)C2)=CC=N1. The zero-order valence-corrected chi connectivity index (χ0v) is 16.6. The predicted molar refractivity (Wildman–Crippen MR) is 111 cm³/mol. The Morgan fingerprint density at radius 3 is 2.68 bits per heavy atom.